The molecule has 0 saturated heterocycles. The Hall–Kier alpha value is -4.68. The highest BCUT2D eigenvalue weighted by Crippen LogP contribution is 2.50. The van der Waals surface area contributed by atoms with E-state index in [4.69, 9.17) is 0 Å². The Kier molecular flexibility index (Phi) is 4.03. The van der Waals surface area contributed by atoms with Gasteiger partial charge < -0.3 is 0 Å². The van der Waals surface area contributed by atoms with Crippen molar-refractivity contribution in [1.82, 2.24) is 0 Å². The Morgan fingerprint density at radius 3 is 1.75 bits per heavy atom. The van der Waals surface area contributed by atoms with Gasteiger partial charge in [0.25, 0.3) is 0 Å². The molecule has 36 heavy (non-hydrogen) atoms. The fourth-order valence-electron chi connectivity index (χ4n) is 6.01. The van der Waals surface area contributed by atoms with Gasteiger partial charge in [-0.05, 0) is 95.0 Å². The first-order chi connectivity index (χ1) is 17.8. The normalized spacial score (nSPS) is 11.9. The van der Waals surface area contributed by atoms with Crippen molar-refractivity contribution in [2.45, 2.75) is 0 Å². The van der Waals surface area contributed by atoms with Crippen LogP contribution in [-0.2, 0) is 0 Å². The number of hydrogen-bond donors (Lipinski definition) is 0. The summed E-state index contributed by atoms with van der Waals surface area (Å²) < 4.78 is 0. The minimum Gasteiger partial charge on any atom is -0.0616 e. The Balaban J connectivity index is 1.22. The molecule has 0 atom stereocenters. The van der Waals surface area contributed by atoms with E-state index in [1.807, 2.05) is 0 Å². The van der Waals surface area contributed by atoms with Gasteiger partial charge >= 0.3 is 0 Å². The molecule has 166 valence electrons. The van der Waals surface area contributed by atoms with E-state index in [1.165, 1.54) is 76.8 Å². The Bertz CT molecular complexity index is 1970. The first kappa shape index (κ1) is 19.6. The highest BCUT2D eigenvalue weighted by molar-refractivity contribution is 6.23. The van der Waals surface area contributed by atoms with Gasteiger partial charge in [0, 0.05) is 0 Å². The quantitative estimate of drug-likeness (QED) is 0.228. The fraction of sp³-hybridized carbons (Fsp3) is 0. The molecule has 0 aromatic heterocycles. The van der Waals surface area contributed by atoms with Crippen molar-refractivity contribution in [2.75, 3.05) is 0 Å². The molecule has 0 heterocycles. The minimum atomic E-state index is 1.24. The molecule has 8 rings (SSSR count). The largest absolute Gasteiger partial charge is 0.0616 e. The summed E-state index contributed by atoms with van der Waals surface area (Å²) >= 11 is 0. The van der Waals surface area contributed by atoms with Crippen molar-refractivity contribution in [3.8, 4) is 44.5 Å². The molecule has 7 aromatic rings. The van der Waals surface area contributed by atoms with E-state index in [-0.39, 0.29) is 0 Å². The third-order valence-corrected chi connectivity index (χ3v) is 7.79. The van der Waals surface area contributed by atoms with Crippen LogP contribution < -0.4 is 0 Å². The SMILES string of the molecule is c1ccc2cc(-c3ccc(-c4ccc5c(c4)-c4cccc6c4c-5cc4ccccc46)cc3)ccc2c1. The van der Waals surface area contributed by atoms with Crippen LogP contribution in [0.3, 0.4) is 0 Å². The lowest BCUT2D eigenvalue weighted by molar-refractivity contribution is 1.60. The molecule has 7 aromatic carbocycles. The van der Waals surface area contributed by atoms with Crippen molar-refractivity contribution in [1.29, 1.82) is 0 Å². The van der Waals surface area contributed by atoms with Crippen molar-refractivity contribution in [3.63, 3.8) is 0 Å². The second kappa shape index (κ2) is 7.41. The van der Waals surface area contributed by atoms with Crippen LogP contribution in [0.2, 0.25) is 0 Å². The predicted octanol–water partition coefficient (Wildman–Crippen LogP) is 10.1. The zero-order valence-electron chi connectivity index (χ0n) is 19.7. The highest BCUT2D eigenvalue weighted by atomic mass is 14.3. The summed E-state index contributed by atoms with van der Waals surface area (Å²) in [5.41, 5.74) is 10.4. The van der Waals surface area contributed by atoms with Gasteiger partial charge in [-0.1, -0.05) is 115 Å². The molecule has 1 aliphatic rings. The number of hydrogen-bond acceptors (Lipinski definition) is 0. The molecule has 0 saturated carbocycles. The monoisotopic (exact) mass is 454 g/mol. The molecule has 0 amide bonds. The number of rotatable bonds is 2. The van der Waals surface area contributed by atoms with Crippen LogP contribution in [0.15, 0.2) is 133 Å². The van der Waals surface area contributed by atoms with Crippen molar-refractivity contribution in [2.24, 2.45) is 0 Å². The maximum Gasteiger partial charge on any atom is -0.00199 e. The standard InChI is InChI=1S/C36H22/c1-2-7-26-20-27(17-16-23(26)6-1)24-12-14-25(15-13-24)28-18-19-31-34(21-28)33-11-5-10-32-30-9-4-3-8-29(30)22-35(31)36(32)33/h1-22H. The van der Waals surface area contributed by atoms with Gasteiger partial charge in [0.2, 0.25) is 0 Å². The number of benzene rings is 7. The van der Waals surface area contributed by atoms with E-state index >= 15 is 0 Å². The Morgan fingerprint density at radius 2 is 0.917 bits per heavy atom. The third-order valence-electron chi connectivity index (χ3n) is 7.79. The van der Waals surface area contributed by atoms with Crippen LogP contribution in [0, 0.1) is 0 Å². The fourth-order valence-corrected chi connectivity index (χ4v) is 6.01. The topological polar surface area (TPSA) is 0 Å². The summed E-state index contributed by atoms with van der Waals surface area (Å²) in [6.45, 7) is 0. The van der Waals surface area contributed by atoms with Gasteiger partial charge in [0.1, 0.15) is 0 Å². The number of fused-ring (bicyclic) bond motifs is 6. The second-order valence-corrected chi connectivity index (χ2v) is 9.77. The molecule has 0 bridgehead atoms. The minimum absolute atomic E-state index is 1.24. The molecule has 1 aliphatic carbocycles. The predicted molar refractivity (Wildman–Crippen MR) is 154 cm³/mol. The van der Waals surface area contributed by atoms with Crippen molar-refractivity contribution in [3.05, 3.63) is 133 Å². The van der Waals surface area contributed by atoms with Gasteiger partial charge in [-0.3, -0.25) is 0 Å². The van der Waals surface area contributed by atoms with Crippen LogP contribution in [0.5, 0.6) is 0 Å². The van der Waals surface area contributed by atoms with Gasteiger partial charge in [0.05, 0.1) is 0 Å². The van der Waals surface area contributed by atoms with E-state index in [9.17, 15) is 0 Å². The molecule has 0 aliphatic heterocycles. The second-order valence-electron chi connectivity index (χ2n) is 9.77. The highest BCUT2D eigenvalue weighted by Gasteiger charge is 2.23. The van der Waals surface area contributed by atoms with Gasteiger partial charge in [-0.15, -0.1) is 0 Å². The molecule has 0 spiro atoms. The lowest BCUT2D eigenvalue weighted by Crippen LogP contribution is -1.83. The summed E-state index contributed by atoms with van der Waals surface area (Å²) in [5.74, 6) is 0. The lowest BCUT2D eigenvalue weighted by Gasteiger charge is -2.09. The van der Waals surface area contributed by atoms with Crippen LogP contribution in [0.1, 0.15) is 0 Å². The van der Waals surface area contributed by atoms with E-state index < -0.39 is 0 Å². The molecule has 0 unspecified atom stereocenters. The van der Waals surface area contributed by atoms with Crippen LogP contribution in [0.4, 0.5) is 0 Å². The van der Waals surface area contributed by atoms with E-state index in [0.29, 0.717) is 0 Å². The third kappa shape index (κ3) is 2.82. The van der Waals surface area contributed by atoms with Crippen LogP contribution in [-0.4, -0.2) is 0 Å². The van der Waals surface area contributed by atoms with Gasteiger partial charge in [-0.25, -0.2) is 0 Å². The van der Waals surface area contributed by atoms with E-state index in [2.05, 4.69) is 133 Å². The first-order valence-electron chi connectivity index (χ1n) is 12.5. The van der Waals surface area contributed by atoms with Gasteiger partial charge in [0.15, 0.2) is 0 Å². The van der Waals surface area contributed by atoms with E-state index in [0.717, 1.165) is 0 Å². The zero-order chi connectivity index (χ0) is 23.6. The lowest BCUT2D eigenvalue weighted by atomic mass is 9.95. The molecule has 0 fully saturated rings. The molecular formula is C36H22. The Morgan fingerprint density at radius 1 is 0.278 bits per heavy atom. The van der Waals surface area contributed by atoms with Gasteiger partial charge in [-0.2, -0.15) is 0 Å². The Labute approximate surface area is 210 Å². The van der Waals surface area contributed by atoms with Crippen LogP contribution in [0.25, 0.3) is 76.8 Å². The summed E-state index contributed by atoms with van der Waals surface area (Å²) in [5, 5.41) is 7.92. The maximum atomic E-state index is 2.37. The average molecular weight is 455 g/mol. The summed E-state index contributed by atoms with van der Waals surface area (Å²) in [4.78, 5) is 0. The first-order valence-corrected chi connectivity index (χ1v) is 12.5. The molecule has 0 nitrogen and oxygen atoms in total. The molecule has 0 heteroatoms. The summed E-state index contributed by atoms with van der Waals surface area (Å²) in [6.07, 6.45) is 0. The molecule has 0 radical (unpaired) electrons. The molecular weight excluding hydrogens is 432 g/mol. The zero-order valence-corrected chi connectivity index (χ0v) is 19.7. The molecule has 0 N–H and O–H groups in total. The van der Waals surface area contributed by atoms with Crippen molar-refractivity contribution < 1.29 is 0 Å². The van der Waals surface area contributed by atoms with E-state index in [1.54, 1.807) is 0 Å². The van der Waals surface area contributed by atoms with Crippen LogP contribution >= 0.6 is 0 Å². The smallest absolute Gasteiger partial charge is 0.00199 e. The average Bonchev–Trinajstić information content (AvgIpc) is 3.27. The van der Waals surface area contributed by atoms with Crippen molar-refractivity contribution >= 4 is 32.3 Å². The maximum absolute atomic E-state index is 2.37. The summed E-state index contributed by atoms with van der Waals surface area (Å²) in [7, 11) is 0. The summed E-state index contributed by atoms with van der Waals surface area (Å²) in [6, 6.07) is 49.0.